The molecule has 0 radical (unpaired) electrons. The second-order valence-electron chi connectivity index (χ2n) is 4.76. The molecule has 0 heterocycles. The van der Waals surface area contributed by atoms with Gasteiger partial charge in [-0.05, 0) is 26.2 Å². The highest BCUT2D eigenvalue weighted by molar-refractivity contribution is 14.0. The van der Waals surface area contributed by atoms with Gasteiger partial charge in [0.15, 0.2) is 5.96 Å². The number of unbranched alkanes of at least 4 members (excludes halogenated alkanes) is 2. The van der Waals surface area contributed by atoms with E-state index in [2.05, 4.69) is 29.5 Å². The molecule has 0 rings (SSSR count). The van der Waals surface area contributed by atoms with Crippen molar-refractivity contribution in [3.63, 3.8) is 0 Å². The summed E-state index contributed by atoms with van der Waals surface area (Å²) < 4.78 is 0. The SMILES string of the molecule is CCCCCNC(=NCC(O)(CC)CC)NCC.I. The molecule has 0 aliphatic heterocycles. The Morgan fingerprint density at radius 2 is 1.68 bits per heavy atom. The van der Waals surface area contributed by atoms with Crippen LogP contribution < -0.4 is 10.6 Å². The van der Waals surface area contributed by atoms with E-state index in [4.69, 9.17) is 0 Å². The van der Waals surface area contributed by atoms with Gasteiger partial charge in [0, 0.05) is 13.1 Å². The van der Waals surface area contributed by atoms with Crippen molar-refractivity contribution in [1.29, 1.82) is 0 Å². The number of hydrogen-bond acceptors (Lipinski definition) is 2. The number of nitrogens with zero attached hydrogens (tertiary/aromatic N) is 1. The van der Waals surface area contributed by atoms with Gasteiger partial charge < -0.3 is 15.7 Å². The summed E-state index contributed by atoms with van der Waals surface area (Å²) in [4.78, 5) is 4.47. The van der Waals surface area contributed by atoms with Crippen LogP contribution in [0.3, 0.4) is 0 Å². The number of rotatable bonds is 9. The first-order valence-corrected chi connectivity index (χ1v) is 7.36. The lowest BCUT2D eigenvalue weighted by molar-refractivity contribution is 0.0418. The molecule has 0 spiro atoms. The summed E-state index contributed by atoms with van der Waals surface area (Å²) >= 11 is 0. The molecule has 0 aromatic carbocycles. The van der Waals surface area contributed by atoms with E-state index in [1.54, 1.807) is 0 Å². The molecule has 0 saturated heterocycles. The van der Waals surface area contributed by atoms with E-state index in [1.165, 1.54) is 12.8 Å². The zero-order valence-corrected chi connectivity index (χ0v) is 15.3. The third-order valence-corrected chi connectivity index (χ3v) is 3.26. The molecule has 19 heavy (non-hydrogen) atoms. The number of hydrogen-bond donors (Lipinski definition) is 3. The van der Waals surface area contributed by atoms with Crippen LogP contribution in [0.25, 0.3) is 0 Å². The molecule has 0 atom stereocenters. The first-order chi connectivity index (χ1) is 8.61. The first-order valence-electron chi connectivity index (χ1n) is 7.36. The minimum Gasteiger partial charge on any atom is -0.388 e. The molecular formula is C14H32IN3O. The van der Waals surface area contributed by atoms with Crippen molar-refractivity contribution in [2.24, 2.45) is 4.99 Å². The van der Waals surface area contributed by atoms with E-state index >= 15 is 0 Å². The van der Waals surface area contributed by atoms with Gasteiger partial charge in [-0.2, -0.15) is 0 Å². The van der Waals surface area contributed by atoms with Crippen molar-refractivity contribution in [3.05, 3.63) is 0 Å². The van der Waals surface area contributed by atoms with Crippen LogP contribution in [0.2, 0.25) is 0 Å². The molecule has 3 N–H and O–H groups in total. The van der Waals surface area contributed by atoms with Crippen LogP contribution in [-0.4, -0.2) is 36.3 Å². The molecule has 0 fully saturated rings. The minimum atomic E-state index is -0.661. The van der Waals surface area contributed by atoms with E-state index in [1.807, 2.05) is 13.8 Å². The smallest absolute Gasteiger partial charge is 0.191 e. The van der Waals surface area contributed by atoms with Crippen molar-refractivity contribution in [1.82, 2.24) is 10.6 Å². The second kappa shape index (κ2) is 13.0. The first kappa shape index (κ1) is 21.3. The van der Waals surface area contributed by atoms with Crippen molar-refractivity contribution in [2.75, 3.05) is 19.6 Å². The maximum Gasteiger partial charge on any atom is 0.191 e. The fourth-order valence-electron chi connectivity index (χ4n) is 1.62. The molecule has 116 valence electrons. The summed E-state index contributed by atoms with van der Waals surface area (Å²) in [7, 11) is 0. The predicted octanol–water partition coefficient (Wildman–Crippen LogP) is 2.90. The van der Waals surface area contributed by atoms with Gasteiger partial charge >= 0.3 is 0 Å². The Balaban J connectivity index is 0. The van der Waals surface area contributed by atoms with Crippen LogP contribution in [0.1, 0.15) is 59.8 Å². The van der Waals surface area contributed by atoms with Crippen LogP contribution in [0.15, 0.2) is 4.99 Å². The molecule has 0 aromatic heterocycles. The number of aliphatic hydroxyl groups is 1. The highest BCUT2D eigenvalue weighted by Crippen LogP contribution is 2.14. The fraction of sp³-hybridized carbons (Fsp3) is 0.929. The van der Waals surface area contributed by atoms with Gasteiger partial charge in [-0.25, -0.2) is 0 Å². The summed E-state index contributed by atoms with van der Waals surface area (Å²) in [6.45, 7) is 10.5. The molecule has 0 amide bonds. The maximum absolute atomic E-state index is 10.2. The quantitative estimate of drug-likeness (QED) is 0.248. The van der Waals surface area contributed by atoms with Crippen LogP contribution in [0.4, 0.5) is 0 Å². The molecule has 0 aromatic rings. The van der Waals surface area contributed by atoms with E-state index in [0.717, 1.165) is 38.3 Å². The molecule has 0 aliphatic rings. The average Bonchev–Trinajstić information content (AvgIpc) is 2.40. The van der Waals surface area contributed by atoms with Crippen molar-refractivity contribution in [2.45, 2.75) is 65.4 Å². The van der Waals surface area contributed by atoms with Gasteiger partial charge in [-0.3, -0.25) is 4.99 Å². The Morgan fingerprint density at radius 3 is 2.16 bits per heavy atom. The van der Waals surface area contributed by atoms with Gasteiger partial charge in [0.05, 0.1) is 12.1 Å². The van der Waals surface area contributed by atoms with Crippen LogP contribution in [-0.2, 0) is 0 Å². The summed E-state index contributed by atoms with van der Waals surface area (Å²) in [5.74, 6) is 0.814. The number of guanidine groups is 1. The van der Waals surface area contributed by atoms with Crippen LogP contribution in [0.5, 0.6) is 0 Å². The summed E-state index contributed by atoms with van der Waals surface area (Å²) in [5.41, 5.74) is -0.661. The lowest BCUT2D eigenvalue weighted by Crippen LogP contribution is -2.40. The highest BCUT2D eigenvalue weighted by atomic mass is 127. The van der Waals surface area contributed by atoms with Crippen molar-refractivity contribution < 1.29 is 5.11 Å². The molecular weight excluding hydrogens is 353 g/mol. The summed E-state index contributed by atoms with van der Waals surface area (Å²) in [6.07, 6.45) is 5.10. The van der Waals surface area contributed by atoms with Crippen LogP contribution in [0, 0.1) is 0 Å². The Morgan fingerprint density at radius 1 is 1.05 bits per heavy atom. The fourth-order valence-corrected chi connectivity index (χ4v) is 1.62. The Bertz CT molecular complexity index is 231. The Labute approximate surface area is 135 Å². The third-order valence-electron chi connectivity index (χ3n) is 3.26. The molecule has 0 aliphatic carbocycles. The molecule has 0 saturated carbocycles. The van der Waals surface area contributed by atoms with E-state index < -0.39 is 5.60 Å². The standard InChI is InChI=1S/C14H31N3O.HI/c1-5-9-10-11-16-13(15-8-4)17-12-14(18,6-2)7-3;/h18H,5-12H2,1-4H3,(H2,15,16,17);1H. The Kier molecular flexibility index (Phi) is 14.5. The summed E-state index contributed by atoms with van der Waals surface area (Å²) in [6, 6.07) is 0. The lowest BCUT2D eigenvalue weighted by atomic mass is 9.98. The minimum absolute atomic E-state index is 0. The zero-order chi connectivity index (χ0) is 13.9. The summed E-state index contributed by atoms with van der Waals surface area (Å²) in [5, 5.41) is 16.7. The largest absolute Gasteiger partial charge is 0.388 e. The number of nitrogens with one attached hydrogen (secondary N) is 2. The topological polar surface area (TPSA) is 56.7 Å². The van der Waals surface area contributed by atoms with Gasteiger partial charge in [0.2, 0.25) is 0 Å². The van der Waals surface area contributed by atoms with Gasteiger partial charge in [0.1, 0.15) is 0 Å². The molecule has 5 heteroatoms. The maximum atomic E-state index is 10.2. The van der Waals surface area contributed by atoms with Gasteiger partial charge in [-0.15, -0.1) is 24.0 Å². The normalized spacial score (nSPS) is 11.9. The monoisotopic (exact) mass is 385 g/mol. The van der Waals surface area contributed by atoms with Crippen molar-refractivity contribution in [3.8, 4) is 0 Å². The van der Waals surface area contributed by atoms with E-state index in [9.17, 15) is 5.11 Å². The molecule has 4 nitrogen and oxygen atoms in total. The molecule has 0 unspecified atom stereocenters. The van der Waals surface area contributed by atoms with E-state index in [-0.39, 0.29) is 24.0 Å². The molecule has 0 bridgehead atoms. The third kappa shape index (κ3) is 10.4. The van der Waals surface area contributed by atoms with E-state index in [0.29, 0.717) is 6.54 Å². The predicted molar refractivity (Wildman–Crippen MR) is 94.5 cm³/mol. The van der Waals surface area contributed by atoms with Crippen LogP contribution >= 0.6 is 24.0 Å². The highest BCUT2D eigenvalue weighted by Gasteiger charge is 2.21. The number of halogens is 1. The second-order valence-corrected chi connectivity index (χ2v) is 4.76. The number of aliphatic imine (C=N–C) groups is 1. The Hall–Kier alpha value is -0.0400. The van der Waals surface area contributed by atoms with Gasteiger partial charge in [-0.1, -0.05) is 33.6 Å². The van der Waals surface area contributed by atoms with Crippen molar-refractivity contribution >= 4 is 29.9 Å². The average molecular weight is 385 g/mol. The van der Waals surface area contributed by atoms with Gasteiger partial charge in [0.25, 0.3) is 0 Å². The zero-order valence-electron chi connectivity index (χ0n) is 13.0. The lowest BCUT2D eigenvalue weighted by Gasteiger charge is -2.23.